The second-order valence-electron chi connectivity index (χ2n) is 12.2. The third kappa shape index (κ3) is 7.88. The lowest BCUT2D eigenvalue weighted by molar-refractivity contribution is -0.119. The van der Waals surface area contributed by atoms with Gasteiger partial charge in [0.2, 0.25) is 17.8 Å². The molecule has 0 atom stereocenters. The summed E-state index contributed by atoms with van der Waals surface area (Å²) in [4.78, 5) is 59.7. The van der Waals surface area contributed by atoms with Crippen LogP contribution in [0.15, 0.2) is 48.5 Å². The quantitative estimate of drug-likeness (QED) is 0.112. The average Bonchev–Trinajstić information content (AvgIpc) is 3.87. The Morgan fingerprint density at radius 2 is 1.32 bits per heavy atom. The predicted molar refractivity (Wildman–Crippen MR) is 200 cm³/mol. The van der Waals surface area contributed by atoms with Crippen LogP contribution in [-0.2, 0) is 31.0 Å². The molecule has 4 heterocycles. The molecule has 17 nitrogen and oxygen atoms in total. The van der Waals surface area contributed by atoms with Crippen molar-refractivity contribution < 1.29 is 23.9 Å². The predicted octanol–water partition coefficient (Wildman–Crippen LogP) is 4.02. The second kappa shape index (κ2) is 15.8. The van der Waals surface area contributed by atoms with E-state index in [0.29, 0.717) is 107 Å². The van der Waals surface area contributed by atoms with Crippen LogP contribution in [0.3, 0.4) is 0 Å². The van der Waals surface area contributed by atoms with Crippen molar-refractivity contribution in [3.63, 3.8) is 0 Å². The smallest absolute Gasteiger partial charge is 0.276 e. The van der Waals surface area contributed by atoms with Crippen LogP contribution in [0, 0.1) is 13.8 Å². The molecular weight excluding hydrogens is 680 g/mol. The van der Waals surface area contributed by atoms with Gasteiger partial charge in [-0.15, -0.1) is 0 Å². The summed E-state index contributed by atoms with van der Waals surface area (Å²) in [5, 5.41) is 14.6. The molecule has 0 aliphatic rings. The summed E-state index contributed by atoms with van der Waals surface area (Å²) < 4.78 is 12.7. The summed E-state index contributed by atoms with van der Waals surface area (Å²) in [6.07, 6.45) is 1.23. The van der Waals surface area contributed by atoms with Gasteiger partial charge in [-0.1, -0.05) is 13.5 Å². The van der Waals surface area contributed by atoms with Gasteiger partial charge in [0.15, 0.2) is 6.61 Å². The molecule has 2 aromatic carbocycles. The number of anilines is 2. The number of nitrogens with two attached hydrogens (primary N) is 2. The number of hydrogen-bond donors (Lipinski definition) is 4. The number of rotatable bonds is 15. The minimum atomic E-state index is -0.632. The molecule has 6 N–H and O–H groups in total. The maximum Gasteiger partial charge on any atom is 0.276 e. The number of hydrogen-bond acceptors (Lipinski definition) is 9. The summed E-state index contributed by atoms with van der Waals surface area (Å²) in [5.41, 5.74) is 15.7. The molecule has 53 heavy (non-hydrogen) atoms. The fourth-order valence-electron chi connectivity index (χ4n) is 6.12. The van der Waals surface area contributed by atoms with Crippen molar-refractivity contribution in [1.82, 2.24) is 38.7 Å². The lowest BCUT2D eigenvalue weighted by atomic mass is 10.2. The Bertz CT molecular complexity index is 2330. The average molecular weight is 725 g/mol. The van der Waals surface area contributed by atoms with Crippen LogP contribution in [-0.4, -0.2) is 68.9 Å². The summed E-state index contributed by atoms with van der Waals surface area (Å²) >= 11 is 0. The minimum Gasteiger partial charge on any atom is -0.481 e. The van der Waals surface area contributed by atoms with Crippen molar-refractivity contribution >= 4 is 57.6 Å². The number of carbonyl (C=O) groups is 4. The van der Waals surface area contributed by atoms with Crippen molar-refractivity contribution in [2.45, 2.75) is 74.1 Å². The Morgan fingerprint density at radius 3 is 1.87 bits per heavy atom. The van der Waals surface area contributed by atoms with Gasteiger partial charge in [0.05, 0.1) is 27.9 Å². The number of aryl methyl sites for hydroxylation is 6. The third-order valence-corrected chi connectivity index (χ3v) is 8.48. The van der Waals surface area contributed by atoms with Crippen molar-refractivity contribution in [3.05, 3.63) is 76.9 Å². The SMILES string of the molecule is C.CCn1nc(C)cc1C(=O)Nc1nc2cc(C(N)=O)ccc2n1CCCCn1c(NC(=O)c2cc(C)nn2CC)nc2c(OCC(N)=O)cccc21. The monoisotopic (exact) mass is 724 g/mol. The van der Waals surface area contributed by atoms with E-state index in [1.807, 2.05) is 42.9 Å². The van der Waals surface area contributed by atoms with E-state index in [1.165, 1.54) is 0 Å². The van der Waals surface area contributed by atoms with E-state index in [-0.39, 0.29) is 25.8 Å². The van der Waals surface area contributed by atoms with Gasteiger partial charge in [-0.2, -0.15) is 10.2 Å². The van der Waals surface area contributed by atoms with Gasteiger partial charge >= 0.3 is 0 Å². The standard InChI is InChI=1S/C35H40N12O5.CH4/c1-5-46-26(16-20(3)42-46)32(50)40-34-38-23-18-22(31(37)49)12-13-24(23)44(34)14-7-8-15-45-25-10-9-11-28(52-19-29(36)48)30(25)39-35(45)41-33(51)27-17-21(4)43-47(27)6-2;/h9-13,16-18H,5-8,14-15,19H2,1-4H3,(H2,36,48)(H2,37,49)(H,38,40,50)(H,39,41,51);1H4. The number of carbonyl (C=O) groups excluding carboxylic acids is 4. The fraction of sp³-hybridized carbons (Fsp3) is 0.333. The number of nitrogens with zero attached hydrogens (tertiary/aromatic N) is 8. The number of unbranched alkanes of at least 4 members (excludes halogenated alkanes) is 1. The number of ether oxygens (including phenoxy) is 1. The van der Waals surface area contributed by atoms with Crippen molar-refractivity contribution in [3.8, 4) is 5.75 Å². The Hall–Kier alpha value is -6.52. The number of para-hydroxylation sites is 1. The van der Waals surface area contributed by atoms with E-state index >= 15 is 0 Å². The number of aromatic nitrogens is 8. The fourth-order valence-corrected chi connectivity index (χ4v) is 6.12. The van der Waals surface area contributed by atoms with Crippen molar-refractivity contribution in [1.29, 1.82) is 0 Å². The van der Waals surface area contributed by atoms with Crippen LogP contribution in [0.1, 0.15) is 76.8 Å². The number of benzene rings is 2. The highest BCUT2D eigenvalue weighted by molar-refractivity contribution is 6.04. The third-order valence-electron chi connectivity index (χ3n) is 8.48. The Labute approximate surface area is 305 Å². The lowest BCUT2D eigenvalue weighted by Crippen LogP contribution is -2.20. The molecule has 0 bridgehead atoms. The van der Waals surface area contributed by atoms with Gasteiger partial charge in [0.25, 0.3) is 17.7 Å². The first-order valence-electron chi connectivity index (χ1n) is 16.9. The molecule has 0 radical (unpaired) electrons. The molecule has 0 saturated carbocycles. The highest BCUT2D eigenvalue weighted by Gasteiger charge is 2.22. The van der Waals surface area contributed by atoms with Crippen molar-refractivity contribution in [2.75, 3.05) is 17.2 Å². The van der Waals surface area contributed by atoms with Gasteiger partial charge in [0, 0.05) is 31.7 Å². The maximum absolute atomic E-state index is 13.5. The molecule has 0 aliphatic heterocycles. The number of fused-ring (bicyclic) bond motifs is 2. The van der Waals surface area contributed by atoms with Gasteiger partial charge in [0.1, 0.15) is 22.7 Å². The molecule has 0 saturated heterocycles. The molecule has 278 valence electrons. The molecule has 4 amide bonds. The van der Waals surface area contributed by atoms with E-state index in [9.17, 15) is 19.2 Å². The van der Waals surface area contributed by atoms with Crippen LogP contribution in [0.4, 0.5) is 11.9 Å². The molecule has 0 unspecified atom stereocenters. The highest BCUT2D eigenvalue weighted by Crippen LogP contribution is 2.30. The van der Waals surface area contributed by atoms with Crippen LogP contribution >= 0.6 is 0 Å². The minimum absolute atomic E-state index is 0. The molecule has 6 aromatic rings. The van der Waals surface area contributed by atoms with E-state index in [0.717, 1.165) is 0 Å². The summed E-state index contributed by atoms with van der Waals surface area (Å²) in [7, 11) is 0. The first-order valence-corrected chi connectivity index (χ1v) is 16.9. The molecular formula is C36H44N12O5. The number of imidazole rings is 2. The first-order chi connectivity index (χ1) is 25.0. The molecule has 4 aromatic heterocycles. The van der Waals surface area contributed by atoms with Crippen LogP contribution in [0.5, 0.6) is 5.75 Å². The van der Waals surface area contributed by atoms with Gasteiger partial charge in [-0.3, -0.25) is 39.2 Å². The van der Waals surface area contributed by atoms with Gasteiger partial charge in [-0.25, -0.2) is 9.97 Å². The zero-order valence-electron chi connectivity index (χ0n) is 29.3. The number of nitrogens with one attached hydrogen (secondary N) is 2. The van der Waals surface area contributed by atoms with Gasteiger partial charge < -0.3 is 25.3 Å². The first kappa shape index (κ1) is 37.7. The molecule has 0 fully saturated rings. The summed E-state index contributed by atoms with van der Waals surface area (Å²) in [6.45, 7) is 9.02. The number of primary amides is 2. The number of amides is 4. The van der Waals surface area contributed by atoms with Crippen molar-refractivity contribution in [2.24, 2.45) is 11.5 Å². The second-order valence-corrected chi connectivity index (χ2v) is 12.2. The Morgan fingerprint density at radius 1 is 0.755 bits per heavy atom. The molecule has 0 spiro atoms. The zero-order valence-corrected chi connectivity index (χ0v) is 29.3. The van der Waals surface area contributed by atoms with Crippen LogP contribution < -0.4 is 26.8 Å². The van der Waals surface area contributed by atoms with Crippen LogP contribution in [0.2, 0.25) is 0 Å². The lowest BCUT2D eigenvalue weighted by Gasteiger charge is -2.13. The molecule has 6 rings (SSSR count). The largest absolute Gasteiger partial charge is 0.481 e. The summed E-state index contributed by atoms with van der Waals surface area (Å²) in [6, 6.07) is 13.7. The van der Waals surface area contributed by atoms with Crippen LogP contribution in [0.25, 0.3) is 22.1 Å². The highest BCUT2D eigenvalue weighted by atomic mass is 16.5. The maximum atomic E-state index is 13.5. The molecule has 0 aliphatic carbocycles. The zero-order chi connectivity index (χ0) is 37.1. The summed E-state index contributed by atoms with van der Waals surface area (Å²) in [5.74, 6) is -1.01. The topological polar surface area (TPSA) is 225 Å². The van der Waals surface area contributed by atoms with E-state index in [1.54, 1.807) is 51.8 Å². The van der Waals surface area contributed by atoms with E-state index < -0.39 is 11.8 Å². The van der Waals surface area contributed by atoms with E-state index in [2.05, 4.69) is 25.8 Å². The normalized spacial score (nSPS) is 11.1. The molecule has 17 heteroatoms. The Kier molecular flexibility index (Phi) is 11.2. The van der Waals surface area contributed by atoms with Gasteiger partial charge in [-0.05, 0) is 83.0 Å². The van der Waals surface area contributed by atoms with E-state index in [4.69, 9.17) is 21.2 Å². The Balaban J connectivity index is 0.00000541.